The Hall–Kier alpha value is -3.30. The molecule has 0 aliphatic carbocycles. The smallest absolute Gasteiger partial charge is 0.358 e. The van der Waals surface area contributed by atoms with E-state index in [0.29, 0.717) is 5.71 Å². The van der Waals surface area contributed by atoms with Crippen LogP contribution in [0.2, 0.25) is 0 Å². The summed E-state index contributed by atoms with van der Waals surface area (Å²) in [4.78, 5) is 24.9. The molecule has 1 aromatic carbocycles. The summed E-state index contributed by atoms with van der Waals surface area (Å²) < 4.78 is 0.901. The predicted octanol–water partition coefficient (Wildman–Crippen LogP) is 2.04. The van der Waals surface area contributed by atoms with Crippen molar-refractivity contribution in [2.75, 3.05) is 0 Å². The third-order valence-electron chi connectivity index (χ3n) is 2.77. The molecule has 0 aliphatic rings. The summed E-state index contributed by atoms with van der Waals surface area (Å²) in [6, 6.07) is 8.98. The quantitative estimate of drug-likeness (QED) is 0.472. The van der Waals surface area contributed by atoms with Crippen molar-refractivity contribution in [1.29, 1.82) is 0 Å². The standard InChI is InChI=1S/C12H11N5O5/c1-8(9-6-4-3-5-7-9)14-22-12-10(16(18)19)11(17(20)21)13-15(12)2/h3-7H,1-2H3/b14-8+. The Morgan fingerprint density at radius 2 is 1.86 bits per heavy atom. The van der Waals surface area contributed by atoms with Gasteiger partial charge in [0, 0.05) is 0 Å². The topological polar surface area (TPSA) is 126 Å². The fourth-order valence-corrected chi connectivity index (χ4v) is 1.71. The molecule has 0 saturated carbocycles. The Labute approximate surface area is 123 Å². The summed E-state index contributed by atoms with van der Waals surface area (Å²) in [6.45, 7) is 1.64. The van der Waals surface area contributed by atoms with Gasteiger partial charge >= 0.3 is 17.4 Å². The van der Waals surface area contributed by atoms with Crippen molar-refractivity contribution < 1.29 is 14.7 Å². The van der Waals surface area contributed by atoms with Gasteiger partial charge in [-0.3, -0.25) is 10.1 Å². The molecule has 0 amide bonds. The molecule has 0 radical (unpaired) electrons. The highest BCUT2D eigenvalue weighted by Crippen LogP contribution is 2.35. The lowest BCUT2D eigenvalue weighted by Gasteiger charge is -2.00. The van der Waals surface area contributed by atoms with E-state index in [1.807, 2.05) is 6.07 Å². The molecule has 0 bridgehead atoms. The average Bonchev–Trinajstić information content (AvgIpc) is 2.83. The van der Waals surface area contributed by atoms with Crippen LogP contribution in [0.1, 0.15) is 12.5 Å². The van der Waals surface area contributed by atoms with Crippen LogP contribution in [0.4, 0.5) is 11.5 Å². The zero-order valence-corrected chi connectivity index (χ0v) is 11.7. The average molecular weight is 305 g/mol. The van der Waals surface area contributed by atoms with E-state index in [4.69, 9.17) is 4.84 Å². The molecule has 0 aliphatic heterocycles. The van der Waals surface area contributed by atoms with E-state index in [9.17, 15) is 20.2 Å². The minimum Gasteiger partial charge on any atom is -0.358 e. The van der Waals surface area contributed by atoms with Gasteiger partial charge in [-0.2, -0.15) is 0 Å². The Morgan fingerprint density at radius 1 is 1.23 bits per heavy atom. The van der Waals surface area contributed by atoms with Crippen LogP contribution in [0.3, 0.4) is 0 Å². The van der Waals surface area contributed by atoms with Crippen molar-refractivity contribution >= 4 is 17.2 Å². The Balaban J connectivity index is 2.38. The first-order valence-electron chi connectivity index (χ1n) is 6.04. The molecule has 2 rings (SSSR count). The molecule has 0 N–H and O–H groups in total. The van der Waals surface area contributed by atoms with Gasteiger partial charge in [-0.25, -0.2) is 0 Å². The van der Waals surface area contributed by atoms with E-state index in [2.05, 4.69) is 10.3 Å². The van der Waals surface area contributed by atoms with E-state index in [1.54, 1.807) is 31.2 Å². The molecule has 0 unspecified atom stereocenters. The summed E-state index contributed by atoms with van der Waals surface area (Å²) in [5.74, 6) is -1.30. The fourth-order valence-electron chi connectivity index (χ4n) is 1.71. The molecule has 0 saturated heterocycles. The molecule has 22 heavy (non-hydrogen) atoms. The van der Waals surface area contributed by atoms with E-state index >= 15 is 0 Å². The first-order chi connectivity index (χ1) is 10.4. The first kappa shape index (κ1) is 15.1. The van der Waals surface area contributed by atoms with E-state index in [-0.39, 0.29) is 0 Å². The fraction of sp³-hybridized carbons (Fsp3) is 0.167. The molecular formula is C12H11N5O5. The number of benzene rings is 1. The Bertz CT molecular complexity index is 753. The maximum atomic E-state index is 11.0. The molecule has 0 fully saturated rings. The van der Waals surface area contributed by atoms with E-state index < -0.39 is 27.2 Å². The van der Waals surface area contributed by atoms with Gasteiger partial charge in [-0.1, -0.05) is 35.5 Å². The van der Waals surface area contributed by atoms with Crippen molar-refractivity contribution in [3.8, 4) is 5.88 Å². The highest BCUT2D eigenvalue weighted by molar-refractivity contribution is 5.98. The summed E-state index contributed by atoms with van der Waals surface area (Å²) in [5, 5.41) is 29.0. The van der Waals surface area contributed by atoms with Gasteiger partial charge in [-0.15, -0.1) is 4.68 Å². The highest BCUT2D eigenvalue weighted by atomic mass is 16.7. The summed E-state index contributed by atoms with van der Waals surface area (Å²) in [5.41, 5.74) is 0.373. The Morgan fingerprint density at radius 3 is 2.41 bits per heavy atom. The van der Waals surface area contributed by atoms with Crippen molar-refractivity contribution in [3.05, 3.63) is 56.1 Å². The van der Waals surface area contributed by atoms with Gasteiger partial charge in [0.05, 0.1) is 22.8 Å². The molecule has 0 atom stereocenters. The third-order valence-corrected chi connectivity index (χ3v) is 2.77. The number of hydrogen-bond donors (Lipinski definition) is 0. The van der Waals surface area contributed by atoms with Gasteiger partial charge in [0.15, 0.2) is 0 Å². The van der Waals surface area contributed by atoms with Crippen LogP contribution in [0.15, 0.2) is 35.5 Å². The number of aryl methyl sites for hydroxylation is 1. The summed E-state index contributed by atoms with van der Waals surface area (Å²) in [6.07, 6.45) is 0. The minimum absolute atomic E-state index is 0.410. The molecule has 1 heterocycles. The molecule has 114 valence electrons. The molecule has 10 nitrogen and oxygen atoms in total. The molecule has 0 spiro atoms. The molecule has 2 aromatic rings. The van der Waals surface area contributed by atoms with Crippen LogP contribution in [-0.4, -0.2) is 25.3 Å². The second-order valence-corrected chi connectivity index (χ2v) is 4.25. The normalized spacial score (nSPS) is 11.3. The van der Waals surface area contributed by atoms with Gasteiger partial charge < -0.3 is 15.0 Å². The number of nitro groups is 2. The molecular weight excluding hydrogens is 294 g/mol. The largest absolute Gasteiger partial charge is 0.472 e. The number of rotatable bonds is 5. The van der Waals surface area contributed by atoms with Crippen LogP contribution < -0.4 is 4.84 Å². The SMILES string of the molecule is C/C(=N\Oc1c([N+](=O)[O-])c([N+](=O)[O-])nn1C)c1ccccc1. The second-order valence-electron chi connectivity index (χ2n) is 4.25. The number of nitrogens with zero attached hydrogens (tertiary/aromatic N) is 5. The van der Waals surface area contributed by atoms with Gasteiger partial charge in [0.2, 0.25) is 0 Å². The molecule has 10 heteroatoms. The zero-order valence-electron chi connectivity index (χ0n) is 11.7. The van der Waals surface area contributed by atoms with Gasteiger partial charge in [0.1, 0.15) is 0 Å². The van der Waals surface area contributed by atoms with Gasteiger partial charge in [0.25, 0.3) is 0 Å². The predicted molar refractivity (Wildman–Crippen MR) is 75.8 cm³/mol. The van der Waals surface area contributed by atoms with Gasteiger partial charge in [-0.05, 0) is 17.4 Å². The number of hydrogen-bond acceptors (Lipinski definition) is 7. The third kappa shape index (κ3) is 2.90. The lowest BCUT2D eigenvalue weighted by Crippen LogP contribution is -2.01. The first-order valence-corrected chi connectivity index (χ1v) is 6.04. The van der Waals surface area contributed by atoms with Crippen LogP contribution >= 0.6 is 0 Å². The van der Waals surface area contributed by atoms with E-state index in [1.165, 1.54) is 7.05 Å². The van der Waals surface area contributed by atoms with Crippen LogP contribution in [0.25, 0.3) is 0 Å². The highest BCUT2D eigenvalue weighted by Gasteiger charge is 2.38. The summed E-state index contributed by atoms with van der Waals surface area (Å²) in [7, 11) is 1.29. The monoisotopic (exact) mass is 305 g/mol. The van der Waals surface area contributed by atoms with Crippen molar-refractivity contribution in [2.45, 2.75) is 6.92 Å². The zero-order chi connectivity index (χ0) is 16.3. The van der Waals surface area contributed by atoms with Crippen LogP contribution in [-0.2, 0) is 7.05 Å². The van der Waals surface area contributed by atoms with Crippen molar-refractivity contribution in [1.82, 2.24) is 9.78 Å². The Kier molecular flexibility index (Phi) is 4.11. The lowest BCUT2D eigenvalue weighted by atomic mass is 10.1. The van der Waals surface area contributed by atoms with Crippen molar-refractivity contribution in [2.24, 2.45) is 12.2 Å². The maximum Gasteiger partial charge on any atom is 0.472 e. The maximum absolute atomic E-state index is 11.0. The van der Waals surface area contributed by atoms with Crippen LogP contribution in [0, 0.1) is 20.2 Å². The second kappa shape index (κ2) is 5.99. The van der Waals surface area contributed by atoms with Crippen molar-refractivity contribution in [3.63, 3.8) is 0 Å². The lowest BCUT2D eigenvalue weighted by molar-refractivity contribution is -0.425. The minimum atomic E-state index is -0.946. The number of aromatic nitrogens is 2. The summed E-state index contributed by atoms with van der Waals surface area (Å²) >= 11 is 0. The number of oxime groups is 1. The van der Waals surface area contributed by atoms with Crippen LogP contribution in [0.5, 0.6) is 5.88 Å². The van der Waals surface area contributed by atoms with E-state index in [0.717, 1.165) is 10.2 Å². The molecule has 1 aromatic heterocycles.